The Hall–Kier alpha value is -3.19. The summed E-state index contributed by atoms with van der Waals surface area (Å²) >= 11 is 3.07. The van der Waals surface area contributed by atoms with Crippen LogP contribution in [0.15, 0.2) is 32.4 Å². The molecule has 3 aromatic rings. The third-order valence-corrected chi connectivity index (χ3v) is 3.86. The number of halogens is 2. The summed E-state index contributed by atoms with van der Waals surface area (Å²) in [6, 6.07) is 4.28. The highest BCUT2D eigenvalue weighted by Gasteiger charge is 2.24. The van der Waals surface area contributed by atoms with E-state index in [4.69, 9.17) is 10.5 Å². The monoisotopic (exact) mass is 438 g/mol. The van der Waals surface area contributed by atoms with Gasteiger partial charge in [-0.05, 0) is 43.9 Å². The van der Waals surface area contributed by atoms with Crippen LogP contribution in [0.4, 0.5) is 10.2 Å². The topological polar surface area (TPSA) is 146 Å². The normalized spacial score (nSPS) is 11.2. The fourth-order valence-electron chi connectivity index (χ4n) is 2.07. The second kappa shape index (κ2) is 8.01. The Balaban J connectivity index is 1.85. The van der Waals surface area contributed by atoms with E-state index in [-0.39, 0.29) is 34.1 Å². The van der Waals surface area contributed by atoms with Gasteiger partial charge in [-0.1, -0.05) is 11.3 Å². The van der Waals surface area contributed by atoms with Crippen LogP contribution in [0.25, 0.3) is 5.82 Å². The molecule has 0 aliphatic heterocycles. The number of benzene rings is 1. The van der Waals surface area contributed by atoms with E-state index in [2.05, 4.69) is 51.7 Å². The van der Waals surface area contributed by atoms with Crippen LogP contribution in [0.3, 0.4) is 0 Å². The Kier molecular flexibility index (Phi) is 5.52. The highest BCUT2D eigenvalue weighted by Crippen LogP contribution is 2.17. The largest absolute Gasteiger partial charge is 0.378 e. The van der Waals surface area contributed by atoms with E-state index in [0.29, 0.717) is 5.56 Å². The number of nitrogens with zero attached hydrogens (tertiary/aromatic N) is 6. The number of hydrazone groups is 1. The van der Waals surface area contributed by atoms with Crippen LogP contribution in [0, 0.1) is 5.82 Å². The summed E-state index contributed by atoms with van der Waals surface area (Å²) in [5.41, 5.74) is 8.77. The molecule has 11 nitrogen and oxygen atoms in total. The Morgan fingerprint density at radius 3 is 3.00 bits per heavy atom. The predicted molar refractivity (Wildman–Crippen MR) is 93.5 cm³/mol. The van der Waals surface area contributed by atoms with E-state index in [1.165, 1.54) is 31.5 Å². The van der Waals surface area contributed by atoms with E-state index in [0.717, 1.165) is 4.68 Å². The molecule has 27 heavy (non-hydrogen) atoms. The van der Waals surface area contributed by atoms with Crippen molar-refractivity contribution < 1.29 is 18.6 Å². The van der Waals surface area contributed by atoms with Gasteiger partial charge in [-0.15, -0.1) is 5.10 Å². The molecule has 0 saturated carbocycles. The van der Waals surface area contributed by atoms with Gasteiger partial charge in [-0.25, -0.2) is 14.4 Å². The predicted octanol–water partition coefficient (Wildman–Crippen LogP) is 1.04. The number of nitrogens with one attached hydrogen (secondary N) is 1. The van der Waals surface area contributed by atoms with Gasteiger partial charge in [0.25, 0.3) is 5.91 Å². The molecule has 0 aliphatic carbocycles. The maximum Gasteiger partial charge on any atom is 0.292 e. The number of amides is 1. The molecular formula is C14H12BrFN8O3. The molecule has 0 unspecified atom stereocenters. The molecule has 13 heteroatoms. The molecule has 0 atom stereocenters. The number of nitrogens with two attached hydrogens (primary N) is 1. The SMILES string of the molecule is COCc1nnn(-c2nonc2N)c1C(=O)NN=Cc1ccc(F)c(Br)c1. The van der Waals surface area contributed by atoms with Gasteiger partial charge >= 0.3 is 0 Å². The smallest absolute Gasteiger partial charge is 0.292 e. The summed E-state index contributed by atoms with van der Waals surface area (Å²) in [7, 11) is 1.44. The van der Waals surface area contributed by atoms with Crippen molar-refractivity contribution in [1.29, 1.82) is 0 Å². The molecule has 3 rings (SSSR count). The third-order valence-electron chi connectivity index (χ3n) is 3.26. The molecule has 3 N–H and O–H groups in total. The zero-order valence-corrected chi connectivity index (χ0v) is 15.3. The second-order valence-corrected chi connectivity index (χ2v) is 5.93. The van der Waals surface area contributed by atoms with Crippen molar-refractivity contribution in [2.24, 2.45) is 5.10 Å². The Morgan fingerprint density at radius 2 is 2.33 bits per heavy atom. The van der Waals surface area contributed by atoms with Crippen LogP contribution >= 0.6 is 15.9 Å². The number of methoxy groups -OCH3 is 1. The highest BCUT2D eigenvalue weighted by molar-refractivity contribution is 9.10. The van der Waals surface area contributed by atoms with Gasteiger partial charge in [-0.3, -0.25) is 4.79 Å². The first-order chi connectivity index (χ1) is 13.0. The zero-order chi connectivity index (χ0) is 19.4. The van der Waals surface area contributed by atoms with Crippen molar-refractivity contribution in [2.45, 2.75) is 6.61 Å². The first kappa shape index (κ1) is 18.6. The molecule has 2 aromatic heterocycles. The lowest BCUT2D eigenvalue weighted by atomic mass is 10.2. The lowest BCUT2D eigenvalue weighted by molar-refractivity contribution is 0.0942. The molecule has 1 aromatic carbocycles. The number of ether oxygens (including phenoxy) is 1. The summed E-state index contributed by atoms with van der Waals surface area (Å²) in [6.45, 7) is 0.0164. The lowest BCUT2D eigenvalue weighted by Gasteiger charge is -2.04. The van der Waals surface area contributed by atoms with Gasteiger partial charge in [0, 0.05) is 7.11 Å². The summed E-state index contributed by atoms with van der Waals surface area (Å²) in [5, 5.41) is 18.6. The molecule has 140 valence electrons. The standard InChI is InChI=1S/C14H12BrFN8O3/c1-26-6-10-11(24(23-19-10)13-12(17)21-27-22-13)14(25)20-18-5-7-2-3-9(16)8(15)4-7/h2-5H,6H2,1H3,(H2,17,21)(H,20,25). The maximum absolute atomic E-state index is 13.2. The van der Waals surface area contributed by atoms with Crippen molar-refractivity contribution in [3.05, 3.63) is 45.4 Å². The molecule has 1 amide bonds. The minimum Gasteiger partial charge on any atom is -0.378 e. The van der Waals surface area contributed by atoms with Gasteiger partial charge in [0.1, 0.15) is 11.5 Å². The number of hydrogen-bond donors (Lipinski definition) is 2. The minimum absolute atomic E-state index is 0.00134. The van der Waals surface area contributed by atoms with Gasteiger partial charge in [0.15, 0.2) is 5.69 Å². The van der Waals surface area contributed by atoms with Crippen LogP contribution in [-0.2, 0) is 11.3 Å². The average Bonchev–Trinajstić information content (AvgIpc) is 3.24. The molecule has 0 fully saturated rings. The Labute approximate surface area is 159 Å². The van der Waals surface area contributed by atoms with Crippen molar-refractivity contribution >= 4 is 33.9 Å². The summed E-state index contributed by atoms with van der Waals surface area (Å²) in [6.07, 6.45) is 1.35. The Bertz CT molecular complexity index is 1000. The summed E-state index contributed by atoms with van der Waals surface area (Å²) in [5.74, 6) is -1.12. The maximum atomic E-state index is 13.2. The van der Waals surface area contributed by atoms with E-state index in [9.17, 15) is 9.18 Å². The fraction of sp³-hybridized carbons (Fsp3) is 0.143. The van der Waals surface area contributed by atoms with E-state index < -0.39 is 11.7 Å². The number of carbonyl (C=O) groups is 1. The van der Waals surface area contributed by atoms with Crippen LogP contribution < -0.4 is 11.2 Å². The fourth-order valence-corrected chi connectivity index (χ4v) is 2.47. The molecule has 0 spiro atoms. The van der Waals surface area contributed by atoms with Gasteiger partial charge < -0.3 is 10.5 Å². The van der Waals surface area contributed by atoms with Crippen molar-refractivity contribution in [3.8, 4) is 5.82 Å². The molecule has 0 bridgehead atoms. The van der Waals surface area contributed by atoms with Gasteiger partial charge in [0.2, 0.25) is 11.6 Å². The molecule has 0 saturated heterocycles. The van der Waals surface area contributed by atoms with E-state index in [1.54, 1.807) is 0 Å². The number of nitrogen functional groups attached to an aromatic ring is 1. The summed E-state index contributed by atoms with van der Waals surface area (Å²) in [4.78, 5) is 12.6. The van der Waals surface area contributed by atoms with Crippen molar-refractivity contribution in [2.75, 3.05) is 12.8 Å². The number of aromatic nitrogens is 5. The van der Waals surface area contributed by atoms with Crippen LogP contribution in [0.5, 0.6) is 0 Å². The summed E-state index contributed by atoms with van der Waals surface area (Å²) < 4.78 is 24.1. The van der Waals surface area contributed by atoms with Crippen LogP contribution in [0.2, 0.25) is 0 Å². The average molecular weight is 439 g/mol. The van der Waals surface area contributed by atoms with Crippen LogP contribution in [-0.4, -0.2) is 44.5 Å². The zero-order valence-electron chi connectivity index (χ0n) is 13.8. The van der Waals surface area contributed by atoms with E-state index in [1.807, 2.05) is 0 Å². The quantitative estimate of drug-likeness (QED) is 0.428. The van der Waals surface area contributed by atoms with Crippen molar-refractivity contribution in [1.82, 2.24) is 30.7 Å². The van der Waals surface area contributed by atoms with Crippen LogP contribution in [0.1, 0.15) is 21.7 Å². The molecule has 2 heterocycles. The number of rotatable bonds is 6. The molecule has 0 radical (unpaired) electrons. The van der Waals surface area contributed by atoms with E-state index >= 15 is 0 Å². The second-order valence-electron chi connectivity index (χ2n) is 5.08. The van der Waals surface area contributed by atoms with Crippen molar-refractivity contribution in [3.63, 3.8) is 0 Å². The molecular weight excluding hydrogens is 427 g/mol. The number of carbonyl (C=O) groups excluding carboxylic acids is 1. The van der Waals surface area contributed by atoms with Gasteiger partial charge in [-0.2, -0.15) is 9.78 Å². The lowest BCUT2D eigenvalue weighted by Crippen LogP contribution is -2.23. The first-order valence-corrected chi connectivity index (χ1v) is 8.11. The first-order valence-electron chi connectivity index (χ1n) is 7.31. The highest BCUT2D eigenvalue weighted by atomic mass is 79.9. The Morgan fingerprint density at radius 1 is 1.52 bits per heavy atom. The third kappa shape index (κ3) is 3.98. The molecule has 0 aliphatic rings. The minimum atomic E-state index is -0.646. The number of anilines is 1. The van der Waals surface area contributed by atoms with Gasteiger partial charge in [0.05, 0.1) is 17.3 Å². The number of hydrogen-bond acceptors (Lipinski definition) is 9.